The molecular weight excluding hydrogens is 350 g/mol. The van der Waals surface area contributed by atoms with Crippen LogP contribution in [-0.2, 0) is 9.59 Å². The highest BCUT2D eigenvalue weighted by molar-refractivity contribution is 6.04. The number of rotatable bonds is 4. The second-order valence-electron chi connectivity index (χ2n) is 8.68. The van der Waals surface area contributed by atoms with E-state index in [1.807, 2.05) is 61.5 Å². The Kier molecular flexibility index (Phi) is 4.21. The van der Waals surface area contributed by atoms with Crippen molar-refractivity contribution < 1.29 is 9.59 Å². The van der Waals surface area contributed by atoms with Gasteiger partial charge in [0.25, 0.3) is 0 Å². The minimum absolute atomic E-state index is 0.0502. The summed E-state index contributed by atoms with van der Waals surface area (Å²) in [5.41, 5.74) is 0.852. The molecule has 2 fully saturated rings. The quantitative estimate of drug-likeness (QED) is 0.683. The maximum atomic E-state index is 13.2. The molecule has 0 spiro atoms. The van der Waals surface area contributed by atoms with Gasteiger partial charge in [-0.25, -0.2) is 0 Å². The van der Waals surface area contributed by atoms with Crippen molar-refractivity contribution in [3.05, 3.63) is 54.6 Å². The van der Waals surface area contributed by atoms with Crippen molar-refractivity contribution in [3.63, 3.8) is 0 Å². The first-order chi connectivity index (χ1) is 13.3. The van der Waals surface area contributed by atoms with Crippen LogP contribution < -0.4 is 5.32 Å². The third-order valence-electron chi connectivity index (χ3n) is 7.30. The second kappa shape index (κ2) is 6.36. The molecule has 0 heterocycles. The molecule has 0 radical (unpaired) electrons. The van der Waals surface area contributed by atoms with Crippen LogP contribution >= 0.6 is 0 Å². The van der Waals surface area contributed by atoms with Crippen LogP contribution in [0.2, 0.25) is 0 Å². The summed E-state index contributed by atoms with van der Waals surface area (Å²) in [6.07, 6.45) is 1.88. The first-order valence-corrected chi connectivity index (χ1v) is 9.70. The van der Waals surface area contributed by atoms with E-state index in [1.165, 1.54) is 0 Å². The monoisotopic (exact) mass is 375 g/mol. The van der Waals surface area contributed by atoms with Crippen LogP contribution in [0.5, 0.6) is 0 Å². The molecule has 2 atom stereocenters. The van der Waals surface area contributed by atoms with Gasteiger partial charge in [0.05, 0.1) is 16.8 Å². The van der Waals surface area contributed by atoms with Crippen molar-refractivity contribution in [3.8, 4) is 0 Å². The highest BCUT2D eigenvalue weighted by Crippen LogP contribution is 2.70. The molecule has 2 aliphatic rings. The lowest BCUT2D eigenvalue weighted by molar-refractivity contribution is -0.131. The average Bonchev–Trinajstić information content (AvgIpc) is 2.99. The van der Waals surface area contributed by atoms with E-state index >= 15 is 0 Å². The number of Topliss-reactive ketones (excluding diaryl/α,β-unsaturated/α-hetero) is 1. The molecule has 4 rings (SSSR count). The van der Waals surface area contributed by atoms with E-state index in [2.05, 4.69) is 29.4 Å². The number of hydrogen-bond donors (Lipinski definition) is 1. The Hall–Kier alpha value is -2.82. The van der Waals surface area contributed by atoms with E-state index < -0.39 is 10.8 Å². The third-order valence-corrected chi connectivity index (χ3v) is 7.30. The van der Waals surface area contributed by atoms with E-state index in [0.29, 0.717) is 17.8 Å². The molecule has 2 saturated carbocycles. The molecule has 2 bridgehead atoms. The van der Waals surface area contributed by atoms with Crippen LogP contribution in [0.25, 0.3) is 0 Å². The lowest BCUT2D eigenvalue weighted by Crippen LogP contribution is -2.43. The first kappa shape index (κ1) is 18.5. The summed E-state index contributed by atoms with van der Waals surface area (Å²) < 4.78 is 0. The molecule has 0 aliphatic heterocycles. The Labute approximate surface area is 165 Å². The molecule has 144 valence electrons. The average molecular weight is 375 g/mol. The number of nitrogens with zero attached hydrogens (tertiary/aromatic N) is 2. The van der Waals surface area contributed by atoms with E-state index in [9.17, 15) is 9.59 Å². The molecule has 2 aliphatic carbocycles. The van der Waals surface area contributed by atoms with Gasteiger partial charge in [-0.3, -0.25) is 9.59 Å². The number of ketones is 1. The van der Waals surface area contributed by atoms with Gasteiger partial charge in [-0.1, -0.05) is 39.0 Å². The molecule has 0 saturated heterocycles. The van der Waals surface area contributed by atoms with Crippen molar-refractivity contribution in [2.45, 2.75) is 40.0 Å². The fourth-order valence-electron chi connectivity index (χ4n) is 4.83. The SMILES string of the molecule is CC12CCC(C(=O)Nc3ccc(N=Nc4ccccc4)cc3)(CC1=O)C2(C)C. The molecule has 5 heteroatoms. The molecule has 2 aromatic carbocycles. The maximum absolute atomic E-state index is 13.2. The fraction of sp³-hybridized carbons (Fsp3) is 0.391. The normalized spacial score (nSPS) is 28.0. The Balaban J connectivity index is 1.49. The second-order valence-corrected chi connectivity index (χ2v) is 8.68. The van der Waals surface area contributed by atoms with E-state index in [0.717, 1.165) is 18.5 Å². The third kappa shape index (κ3) is 2.60. The van der Waals surface area contributed by atoms with Gasteiger partial charge in [0, 0.05) is 17.5 Å². The Bertz CT molecular complexity index is 950. The Morgan fingerprint density at radius 3 is 2.04 bits per heavy atom. The number of nitrogens with one attached hydrogen (secondary N) is 1. The van der Waals surface area contributed by atoms with Gasteiger partial charge < -0.3 is 5.32 Å². The predicted octanol–water partition coefficient (Wildman–Crippen LogP) is 5.83. The number of azo groups is 1. The molecule has 1 amide bonds. The Morgan fingerprint density at radius 1 is 0.893 bits per heavy atom. The summed E-state index contributed by atoms with van der Waals surface area (Å²) in [5.74, 6) is 0.168. The smallest absolute Gasteiger partial charge is 0.231 e. The highest BCUT2D eigenvalue weighted by Gasteiger charge is 2.72. The van der Waals surface area contributed by atoms with E-state index in [4.69, 9.17) is 0 Å². The molecule has 1 N–H and O–H groups in total. The van der Waals surface area contributed by atoms with Gasteiger partial charge in [0.2, 0.25) is 5.91 Å². The van der Waals surface area contributed by atoms with E-state index in [-0.39, 0.29) is 17.1 Å². The number of hydrogen-bond acceptors (Lipinski definition) is 4. The van der Waals surface area contributed by atoms with Gasteiger partial charge in [0.1, 0.15) is 5.78 Å². The lowest BCUT2D eigenvalue weighted by atomic mass is 9.64. The van der Waals surface area contributed by atoms with Crippen molar-refractivity contribution in [1.82, 2.24) is 0 Å². The number of carbonyl (C=O) groups excluding carboxylic acids is 2. The molecule has 2 unspecified atom stereocenters. The summed E-state index contributed by atoms with van der Waals surface area (Å²) >= 11 is 0. The van der Waals surface area contributed by atoms with Gasteiger partial charge in [0.15, 0.2) is 0 Å². The maximum Gasteiger partial charge on any atom is 0.231 e. The number of amides is 1. The van der Waals surface area contributed by atoms with Crippen molar-refractivity contribution in [2.75, 3.05) is 5.32 Å². The van der Waals surface area contributed by atoms with Crippen LogP contribution in [0, 0.1) is 16.2 Å². The van der Waals surface area contributed by atoms with Crippen LogP contribution in [0.4, 0.5) is 17.1 Å². The van der Waals surface area contributed by atoms with E-state index in [1.54, 1.807) is 0 Å². The van der Waals surface area contributed by atoms with Gasteiger partial charge in [-0.2, -0.15) is 10.2 Å². The summed E-state index contributed by atoms with van der Waals surface area (Å²) in [7, 11) is 0. The van der Waals surface area contributed by atoms with Gasteiger partial charge >= 0.3 is 0 Å². The highest BCUT2D eigenvalue weighted by atomic mass is 16.2. The Morgan fingerprint density at radius 2 is 1.50 bits per heavy atom. The predicted molar refractivity (Wildman–Crippen MR) is 109 cm³/mol. The largest absolute Gasteiger partial charge is 0.326 e. The molecule has 0 aromatic heterocycles. The number of carbonyl (C=O) groups is 2. The van der Waals surface area contributed by atoms with Crippen molar-refractivity contribution in [1.29, 1.82) is 0 Å². The summed E-state index contributed by atoms with van der Waals surface area (Å²) in [4.78, 5) is 25.8. The molecule has 5 nitrogen and oxygen atoms in total. The molecule has 2 aromatic rings. The van der Waals surface area contributed by atoms with Gasteiger partial charge in [-0.05, 0) is 54.7 Å². The van der Waals surface area contributed by atoms with Crippen LogP contribution in [0.3, 0.4) is 0 Å². The molecule has 28 heavy (non-hydrogen) atoms. The van der Waals surface area contributed by atoms with Crippen LogP contribution in [0.1, 0.15) is 40.0 Å². The number of anilines is 1. The first-order valence-electron chi connectivity index (χ1n) is 9.70. The summed E-state index contributed by atoms with van der Waals surface area (Å²) in [6.45, 7) is 6.15. The fourth-order valence-corrected chi connectivity index (χ4v) is 4.83. The summed E-state index contributed by atoms with van der Waals surface area (Å²) in [5, 5.41) is 11.4. The van der Waals surface area contributed by atoms with Crippen molar-refractivity contribution in [2.24, 2.45) is 26.5 Å². The summed E-state index contributed by atoms with van der Waals surface area (Å²) in [6, 6.07) is 16.8. The van der Waals surface area contributed by atoms with Crippen LogP contribution in [-0.4, -0.2) is 11.7 Å². The minimum atomic E-state index is -0.621. The zero-order chi connectivity index (χ0) is 20.0. The standard InChI is InChI=1S/C23H25N3O2/c1-21(2)22(3)13-14-23(21,15-19(22)27)20(28)24-16-9-11-18(12-10-16)26-25-17-7-5-4-6-8-17/h4-12H,13-15H2,1-3H3,(H,24,28). The number of fused-ring (bicyclic) bond motifs is 2. The van der Waals surface area contributed by atoms with Crippen LogP contribution in [0.15, 0.2) is 64.8 Å². The minimum Gasteiger partial charge on any atom is -0.326 e. The zero-order valence-corrected chi connectivity index (χ0v) is 16.5. The molecular formula is C23H25N3O2. The number of benzene rings is 2. The van der Waals surface area contributed by atoms with Gasteiger partial charge in [-0.15, -0.1) is 0 Å². The zero-order valence-electron chi connectivity index (χ0n) is 16.5. The van der Waals surface area contributed by atoms with Crippen molar-refractivity contribution >= 4 is 28.8 Å². The lowest BCUT2D eigenvalue weighted by Gasteiger charge is -2.38. The topological polar surface area (TPSA) is 70.9 Å².